The number of amides is 1. The largest absolute Gasteiger partial charge is 0.489 e. The van der Waals surface area contributed by atoms with Crippen molar-refractivity contribution < 1.29 is 18.4 Å². The fourth-order valence-corrected chi connectivity index (χ4v) is 3.70. The van der Waals surface area contributed by atoms with E-state index >= 15 is 0 Å². The van der Waals surface area contributed by atoms with Crippen LogP contribution in [-0.2, 0) is 13.2 Å². The van der Waals surface area contributed by atoms with Crippen LogP contribution in [0.2, 0.25) is 0 Å². The van der Waals surface area contributed by atoms with Gasteiger partial charge in [-0.1, -0.05) is 17.3 Å². The molecule has 162 valence electrons. The van der Waals surface area contributed by atoms with Crippen molar-refractivity contribution in [1.82, 2.24) is 15.0 Å². The number of piperazine rings is 1. The van der Waals surface area contributed by atoms with E-state index in [1.165, 1.54) is 12.1 Å². The van der Waals surface area contributed by atoms with Crippen molar-refractivity contribution in [3.63, 3.8) is 0 Å². The van der Waals surface area contributed by atoms with Crippen LogP contribution in [0.15, 0.2) is 53.1 Å². The van der Waals surface area contributed by atoms with E-state index in [1.807, 2.05) is 43.0 Å². The van der Waals surface area contributed by atoms with Gasteiger partial charge in [-0.25, -0.2) is 4.39 Å². The summed E-state index contributed by atoms with van der Waals surface area (Å²) >= 11 is 0. The van der Waals surface area contributed by atoms with Gasteiger partial charge in [0.25, 0.3) is 5.91 Å². The van der Waals surface area contributed by atoms with Gasteiger partial charge in [-0.3, -0.25) is 9.69 Å². The lowest BCUT2D eigenvalue weighted by Gasteiger charge is -2.34. The Balaban J connectivity index is 1.28. The predicted octanol–water partition coefficient (Wildman–Crippen LogP) is 3.97. The predicted molar refractivity (Wildman–Crippen MR) is 114 cm³/mol. The topological polar surface area (TPSA) is 58.8 Å². The summed E-state index contributed by atoms with van der Waals surface area (Å²) in [7, 11) is 0. The van der Waals surface area contributed by atoms with Gasteiger partial charge >= 0.3 is 0 Å². The summed E-state index contributed by atoms with van der Waals surface area (Å²) in [5.74, 6) is 1.25. The van der Waals surface area contributed by atoms with Crippen LogP contribution in [0.3, 0.4) is 0 Å². The molecule has 0 unspecified atom stereocenters. The van der Waals surface area contributed by atoms with Crippen LogP contribution in [0, 0.1) is 19.7 Å². The zero-order chi connectivity index (χ0) is 21.8. The number of carbonyl (C=O) groups excluding carboxylic acids is 1. The Kier molecular flexibility index (Phi) is 6.32. The van der Waals surface area contributed by atoms with E-state index in [0.29, 0.717) is 31.0 Å². The molecule has 1 amide bonds. The molecule has 1 saturated heterocycles. The lowest BCUT2D eigenvalue weighted by atomic mass is 10.1. The minimum Gasteiger partial charge on any atom is -0.489 e. The maximum Gasteiger partial charge on any atom is 0.253 e. The molecule has 0 atom stereocenters. The van der Waals surface area contributed by atoms with Gasteiger partial charge in [0.15, 0.2) is 0 Å². The highest BCUT2D eigenvalue weighted by atomic mass is 19.1. The van der Waals surface area contributed by atoms with Gasteiger partial charge in [0, 0.05) is 38.3 Å². The highest BCUT2D eigenvalue weighted by Crippen LogP contribution is 2.19. The maximum absolute atomic E-state index is 13.1. The second kappa shape index (κ2) is 9.31. The Hall–Kier alpha value is -3.19. The van der Waals surface area contributed by atoms with E-state index in [4.69, 9.17) is 9.26 Å². The molecule has 0 bridgehead atoms. The van der Waals surface area contributed by atoms with E-state index in [9.17, 15) is 9.18 Å². The SMILES string of the molecule is Cc1noc(C)c1COc1ccc(C(=O)N2CCN(Cc3ccc(F)cc3)CC2)cc1. The highest BCUT2D eigenvalue weighted by molar-refractivity contribution is 5.94. The first-order valence-electron chi connectivity index (χ1n) is 10.4. The summed E-state index contributed by atoms with van der Waals surface area (Å²) < 4.78 is 24.0. The van der Waals surface area contributed by atoms with Gasteiger partial charge in [0.2, 0.25) is 0 Å². The number of nitrogens with zero attached hydrogens (tertiary/aromatic N) is 3. The first kappa shape index (κ1) is 21.1. The molecule has 1 aromatic heterocycles. The summed E-state index contributed by atoms with van der Waals surface area (Å²) in [5, 5.41) is 3.93. The Bertz CT molecular complexity index is 1000. The number of rotatable bonds is 6. The fourth-order valence-electron chi connectivity index (χ4n) is 3.70. The number of halogens is 1. The van der Waals surface area contributed by atoms with Crippen LogP contribution in [0.4, 0.5) is 4.39 Å². The summed E-state index contributed by atoms with van der Waals surface area (Å²) in [4.78, 5) is 17.0. The Morgan fingerprint density at radius 3 is 2.32 bits per heavy atom. The molecule has 4 rings (SSSR count). The van der Waals surface area contributed by atoms with Gasteiger partial charge in [-0.2, -0.15) is 0 Å². The molecule has 3 aromatic rings. The second-order valence-corrected chi connectivity index (χ2v) is 7.81. The Morgan fingerprint density at radius 2 is 1.71 bits per heavy atom. The number of hydrogen-bond acceptors (Lipinski definition) is 5. The summed E-state index contributed by atoms with van der Waals surface area (Å²) in [6, 6.07) is 13.8. The number of carbonyl (C=O) groups is 1. The number of benzene rings is 2. The smallest absolute Gasteiger partial charge is 0.253 e. The molecule has 0 aliphatic carbocycles. The number of aryl methyl sites for hydroxylation is 2. The van der Waals surface area contributed by atoms with Crippen molar-refractivity contribution in [2.45, 2.75) is 27.0 Å². The first-order valence-corrected chi connectivity index (χ1v) is 10.4. The third kappa shape index (κ3) is 5.11. The van der Waals surface area contributed by atoms with E-state index in [0.717, 1.165) is 42.2 Å². The number of ether oxygens (including phenoxy) is 1. The van der Waals surface area contributed by atoms with Gasteiger partial charge in [-0.15, -0.1) is 0 Å². The van der Waals surface area contributed by atoms with Crippen molar-refractivity contribution in [2.24, 2.45) is 0 Å². The molecule has 0 saturated carbocycles. The summed E-state index contributed by atoms with van der Waals surface area (Å²) in [6.45, 7) is 7.82. The molecule has 31 heavy (non-hydrogen) atoms. The summed E-state index contributed by atoms with van der Waals surface area (Å²) in [6.07, 6.45) is 0. The molecule has 6 nitrogen and oxygen atoms in total. The molecule has 0 N–H and O–H groups in total. The van der Waals surface area contributed by atoms with E-state index in [2.05, 4.69) is 10.1 Å². The van der Waals surface area contributed by atoms with Gasteiger partial charge in [0.1, 0.15) is 23.9 Å². The van der Waals surface area contributed by atoms with Crippen LogP contribution in [0.25, 0.3) is 0 Å². The molecule has 0 radical (unpaired) electrons. The fraction of sp³-hybridized carbons (Fsp3) is 0.333. The van der Waals surface area contributed by atoms with Gasteiger partial charge in [0.05, 0.1) is 11.3 Å². The van der Waals surface area contributed by atoms with Crippen LogP contribution in [-0.4, -0.2) is 47.0 Å². The normalized spacial score (nSPS) is 14.6. The minimum atomic E-state index is -0.223. The lowest BCUT2D eigenvalue weighted by Crippen LogP contribution is -2.48. The van der Waals surface area contributed by atoms with Crippen molar-refractivity contribution in [3.8, 4) is 5.75 Å². The molecule has 2 heterocycles. The van der Waals surface area contributed by atoms with Crippen LogP contribution in [0.1, 0.15) is 32.9 Å². The quantitative estimate of drug-likeness (QED) is 0.601. The molecule has 1 aliphatic rings. The molecule has 1 aliphatic heterocycles. The standard InChI is InChI=1S/C24H26FN3O3/c1-17-23(18(2)31-26-17)16-30-22-9-5-20(6-10-22)24(29)28-13-11-27(12-14-28)15-19-3-7-21(25)8-4-19/h3-10H,11-16H2,1-2H3. The average Bonchev–Trinajstić information content (AvgIpc) is 3.11. The van der Waals surface area contributed by atoms with Crippen LogP contribution in [0.5, 0.6) is 5.75 Å². The van der Waals surface area contributed by atoms with Gasteiger partial charge < -0.3 is 14.2 Å². The van der Waals surface area contributed by atoms with E-state index in [-0.39, 0.29) is 11.7 Å². The maximum atomic E-state index is 13.1. The molecule has 7 heteroatoms. The highest BCUT2D eigenvalue weighted by Gasteiger charge is 2.22. The van der Waals surface area contributed by atoms with Crippen molar-refractivity contribution in [3.05, 3.63) is 82.5 Å². The zero-order valence-corrected chi connectivity index (χ0v) is 17.8. The Morgan fingerprint density at radius 1 is 1.03 bits per heavy atom. The monoisotopic (exact) mass is 423 g/mol. The van der Waals surface area contributed by atoms with Crippen molar-refractivity contribution >= 4 is 5.91 Å². The molecular formula is C24H26FN3O3. The van der Waals surface area contributed by atoms with Crippen LogP contribution >= 0.6 is 0 Å². The zero-order valence-electron chi connectivity index (χ0n) is 17.8. The summed E-state index contributed by atoms with van der Waals surface area (Å²) in [5.41, 5.74) is 3.49. The molecule has 0 spiro atoms. The molecular weight excluding hydrogens is 397 g/mol. The Labute approximate surface area is 181 Å². The van der Waals surface area contributed by atoms with Crippen LogP contribution < -0.4 is 4.74 Å². The number of aromatic nitrogens is 1. The third-order valence-corrected chi connectivity index (χ3v) is 5.64. The lowest BCUT2D eigenvalue weighted by molar-refractivity contribution is 0.0628. The van der Waals surface area contributed by atoms with Crippen molar-refractivity contribution in [1.29, 1.82) is 0 Å². The molecule has 2 aromatic carbocycles. The second-order valence-electron chi connectivity index (χ2n) is 7.81. The van der Waals surface area contributed by atoms with E-state index in [1.54, 1.807) is 12.1 Å². The third-order valence-electron chi connectivity index (χ3n) is 5.64. The van der Waals surface area contributed by atoms with Crippen molar-refractivity contribution in [2.75, 3.05) is 26.2 Å². The van der Waals surface area contributed by atoms with Gasteiger partial charge in [-0.05, 0) is 55.8 Å². The number of hydrogen-bond donors (Lipinski definition) is 0. The van der Waals surface area contributed by atoms with E-state index < -0.39 is 0 Å². The first-order chi connectivity index (χ1) is 15.0. The minimum absolute atomic E-state index is 0.0266. The molecule has 1 fully saturated rings. The average molecular weight is 423 g/mol.